The maximum atomic E-state index is 12.9. The van der Waals surface area contributed by atoms with Crippen LogP contribution < -0.4 is 5.32 Å². The fourth-order valence-corrected chi connectivity index (χ4v) is 4.30. The Morgan fingerprint density at radius 3 is 2.56 bits per heavy atom. The molecule has 3 rings (SSSR count). The van der Waals surface area contributed by atoms with Gasteiger partial charge in [-0.1, -0.05) is 5.10 Å². The summed E-state index contributed by atoms with van der Waals surface area (Å²) in [5.41, 5.74) is 0. The number of carbonyl (C=O) groups excluding carboxylic acids is 1. The number of benzene rings is 1. The SMILES string of the molecule is O=C(CS(=O)(=O)c1ccc(F)cc1)Nc1nnc(-c2ccc(Br)s2)o1. The highest BCUT2D eigenvalue weighted by atomic mass is 79.9. The quantitative estimate of drug-likeness (QED) is 0.605. The van der Waals surface area contributed by atoms with Gasteiger partial charge in [-0.25, -0.2) is 12.8 Å². The molecule has 11 heteroatoms. The number of amides is 1. The summed E-state index contributed by atoms with van der Waals surface area (Å²) in [4.78, 5) is 12.5. The fraction of sp³-hybridized carbons (Fsp3) is 0.0714. The van der Waals surface area contributed by atoms with Gasteiger partial charge in [0.05, 0.1) is 13.6 Å². The van der Waals surface area contributed by atoms with E-state index in [1.165, 1.54) is 11.3 Å². The third-order valence-corrected chi connectivity index (χ3v) is 6.19. The van der Waals surface area contributed by atoms with Gasteiger partial charge >= 0.3 is 6.01 Å². The highest BCUT2D eigenvalue weighted by molar-refractivity contribution is 9.11. The summed E-state index contributed by atoms with van der Waals surface area (Å²) in [6.45, 7) is 0. The first-order valence-corrected chi connectivity index (χ1v) is 9.97. The monoisotopic (exact) mass is 445 g/mol. The number of halogens is 2. The van der Waals surface area contributed by atoms with Crippen molar-refractivity contribution in [3.63, 3.8) is 0 Å². The summed E-state index contributed by atoms with van der Waals surface area (Å²) in [6.07, 6.45) is 0. The third kappa shape index (κ3) is 4.30. The Labute approximate surface area is 153 Å². The molecule has 7 nitrogen and oxygen atoms in total. The Morgan fingerprint density at radius 2 is 1.92 bits per heavy atom. The molecule has 0 spiro atoms. The molecular weight excluding hydrogens is 437 g/mol. The highest BCUT2D eigenvalue weighted by Crippen LogP contribution is 2.30. The number of aromatic nitrogens is 2. The van der Waals surface area contributed by atoms with Gasteiger partial charge in [0.25, 0.3) is 5.89 Å². The summed E-state index contributed by atoms with van der Waals surface area (Å²) < 4.78 is 43.3. The second-order valence-corrected chi connectivity index (χ2v) is 9.23. The van der Waals surface area contributed by atoms with Crippen LogP contribution in [0.5, 0.6) is 0 Å². The van der Waals surface area contributed by atoms with Crippen LogP contribution in [0.1, 0.15) is 0 Å². The van der Waals surface area contributed by atoms with Crippen molar-refractivity contribution in [1.29, 1.82) is 0 Å². The van der Waals surface area contributed by atoms with Crippen molar-refractivity contribution < 1.29 is 22.0 Å². The highest BCUT2D eigenvalue weighted by Gasteiger charge is 2.21. The van der Waals surface area contributed by atoms with E-state index in [1.54, 1.807) is 12.1 Å². The zero-order valence-corrected chi connectivity index (χ0v) is 15.5. The van der Waals surface area contributed by atoms with Gasteiger partial charge in [0, 0.05) is 0 Å². The number of nitrogens with one attached hydrogen (secondary N) is 1. The number of thiophene rings is 1. The Kier molecular flexibility index (Phi) is 4.97. The molecular formula is C14H9BrFN3O4S2. The fourth-order valence-electron chi connectivity index (χ4n) is 1.86. The lowest BCUT2D eigenvalue weighted by molar-refractivity contribution is -0.114. The van der Waals surface area contributed by atoms with Gasteiger partial charge in [-0.15, -0.1) is 16.4 Å². The lowest BCUT2D eigenvalue weighted by Crippen LogP contribution is -2.23. The average molecular weight is 446 g/mol. The Hall–Kier alpha value is -2.11. The molecule has 0 radical (unpaired) electrons. The summed E-state index contributed by atoms with van der Waals surface area (Å²) in [7, 11) is -3.91. The minimum atomic E-state index is -3.91. The van der Waals surface area contributed by atoms with Gasteiger partial charge in [-0.05, 0) is 52.3 Å². The van der Waals surface area contributed by atoms with Crippen LogP contribution in [0.2, 0.25) is 0 Å². The molecule has 0 saturated heterocycles. The molecule has 0 aliphatic carbocycles. The maximum absolute atomic E-state index is 12.9. The number of hydrogen-bond donors (Lipinski definition) is 1. The number of hydrogen-bond acceptors (Lipinski definition) is 7. The van der Waals surface area contributed by atoms with Crippen molar-refractivity contribution in [2.75, 3.05) is 11.1 Å². The molecule has 25 heavy (non-hydrogen) atoms. The van der Waals surface area contributed by atoms with Gasteiger partial charge in [0.15, 0.2) is 9.84 Å². The van der Waals surface area contributed by atoms with E-state index < -0.39 is 27.3 Å². The average Bonchev–Trinajstić information content (AvgIpc) is 3.16. The minimum absolute atomic E-state index is 0.154. The number of sulfone groups is 1. The Bertz CT molecular complexity index is 1010. The van der Waals surface area contributed by atoms with Crippen LogP contribution in [0.15, 0.2) is 49.5 Å². The Morgan fingerprint density at radius 1 is 1.20 bits per heavy atom. The van der Waals surface area contributed by atoms with Gasteiger partial charge in [0.2, 0.25) is 5.91 Å². The summed E-state index contributed by atoms with van der Waals surface area (Å²) in [5.74, 6) is -2.04. The van der Waals surface area contributed by atoms with Gasteiger partial charge in [-0.2, -0.15) is 0 Å². The van der Waals surface area contributed by atoms with Crippen molar-refractivity contribution in [3.05, 3.63) is 46.0 Å². The molecule has 0 bridgehead atoms. The molecule has 1 amide bonds. The summed E-state index contributed by atoms with van der Waals surface area (Å²) in [5, 5.41) is 9.68. The first-order chi connectivity index (χ1) is 11.8. The Balaban J connectivity index is 1.68. The van der Waals surface area contributed by atoms with Crippen LogP contribution >= 0.6 is 27.3 Å². The molecule has 130 valence electrons. The molecule has 2 heterocycles. The van der Waals surface area contributed by atoms with Crippen molar-refractivity contribution >= 4 is 49.0 Å². The lowest BCUT2D eigenvalue weighted by atomic mass is 10.4. The van der Waals surface area contributed by atoms with Crippen LogP contribution in [-0.2, 0) is 14.6 Å². The molecule has 0 aliphatic heterocycles. The van der Waals surface area contributed by atoms with Gasteiger partial charge in [-0.3, -0.25) is 10.1 Å². The molecule has 2 aromatic heterocycles. The van der Waals surface area contributed by atoms with Crippen molar-refractivity contribution in [2.24, 2.45) is 0 Å². The zero-order chi connectivity index (χ0) is 18.0. The molecule has 1 N–H and O–H groups in total. The zero-order valence-electron chi connectivity index (χ0n) is 12.3. The first kappa shape index (κ1) is 17.7. The van der Waals surface area contributed by atoms with Crippen molar-refractivity contribution in [1.82, 2.24) is 10.2 Å². The molecule has 1 aromatic carbocycles. The second-order valence-electron chi connectivity index (χ2n) is 4.78. The van der Waals surface area contributed by atoms with E-state index in [1.807, 2.05) is 0 Å². The van der Waals surface area contributed by atoms with Crippen LogP contribution in [0.4, 0.5) is 10.4 Å². The van der Waals surface area contributed by atoms with Gasteiger partial charge in [0.1, 0.15) is 11.6 Å². The third-order valence-electron chi connectivity index (χ3n) is 2.95. The van der Waals surface area contributed by atoms with E-state index >= 15 is 0 Å². The minimum Gasteiger partial charge on any atom is -0.402 e. The molecule has 0 aliphatic rings. The summed E-state index contributed by atoms with van der Waals surface area (Å²) >= 11 is 4.67. The van der Waals surface area contributed by atoms with E-state index in [0.717, 1.165) is 28.1 Å². The van der Waals surface area contributed by atoms with Crippen LogP contribution in [0, 0.1) is 5.82 Å². The van der Waals surface area contributed by atoms with E-state index in [0.29, 0.717) is 4.88 Å². The number of rotatable bonds is 5. The van der Waals surface area contributed by atoms with E-state index in [9.17, 15) is 17.6 Å². The summed E-state index contributed by atoms with van der Waals surface area (Å²) in [6, 6.07) is 7.56. The predicted octanol–water partition coefficient (Wildman–Crippen LogP) is 3.11. The van der Waals surface area contributed by atoms with E-state index in [2.05, 4.69) is 31.4 Å². The normalized spacial score (nSPS) is 11.4. The topological polar surface area (TPSA) is 102 Å². The lowest BCUT2D eigenvalue weighted by Gasteiger charge is -2.03. The van der Waals surface area contributed by atoms with E-state index in [-0.39, 0.29) is 16.8 Å². The standard InChI is InChI=1S/C14H9BrFN3O4S2/c15-11-6-5-10(24-11)13-18-19-14(23-13)17-12(20)7-25(21,22)9-3-1-8(16)2-4-9/h1-6H,7H2,(H,17,19,20). The van der Waals surface area contributed by atoms with Gasteiger partial charge < -0.3 is 4.42 Å². The van der Waals surface area contributed by atoms with Crippen LogP contribution in [0.3, 0.4) is 0 Å². The van der Waals surface area contributed by atoms with Crippen molar-refractivity contribution in [3.8, 4) is 10.8 Å². The number of anilines is 1. The van der Waals surface area contributed by atoms with Crippen molar-refractivity contribution in [2.45, 2.75) is 4.90 Å². The first-order valence-electron chi connectivity index (χ1n) is 6.71. The maximum Gasteiger partial charge on any atom is 0.322 e. The van der Waals surface area contributed by atoms with E-state index in [4.69, 9.17) is 4.42 Å². The van der Waals surface area contributed by atoms with Crippen LogP contribution in [-0.4, -0.2) is 30.3 Å². The molecule has 0 saturated carbocycles. The molecule has 0 unspecified atom stereocenters. The smallest absolute Gasteiger partial charge is 0.322 e. The molecule has 0 atom stereocenters. The molecule has 0 fully saturated rings. The predicted molar refractivity (Wildman–Crippen MR) is 92.4 cm³/mol. The number of nitrogens with zero attached hydrogens (tertiary/aromatic N) is 2. The second kappa shape index (κ2) is 7.02. The number of carbonyl (C=O) groups is 1. The van der Waals surface area contributed by atoms with Crippen LogP contribution in [0.25, 0.3) is 10.8 Å². The largest absolute Gasteiger partial charge is 0.402 e. The molecule has 3 aromatic rings.